The summed E-state index contributed by atoms with van der Waals surface area (Å²) in [7, 11) is 0. The minimum Gasteiger partial charge on any atom is -0.392 e. The molecule has 3 nitrogen and oxygen atoms in total. The van der Waals surface area contributed by atoms with Gasteiger partial charge in [-0.15, -0.1) is 0 Å². The summed E-state index contributed by atoms with van der Waals surface area (Å²) in [4.78, 5) is 13.0. The fraction of sp³-hybridized carbons (Fsp3) is 0.600. The van der Waals surface area contributed by atoms with Gasteiger partial charge in [0.25, 0.3) is 0 Å². The minimum atomic E-state index is -0.705. The maximum Gasteiger partial charge on any atom is 0.233 e. The molecular formula is C15H24N2OS2. The fourth-order valence-electron chi connectivity index (χ4n) is 2.50. The van der Waals surface area contributed by atoms with Crippen molar-refractivity contribution in [3.05, 3.63) is 22.4 Å². The molecule has 1 amide bonds. The maximum absolute atomic E-state index is 12.7. The molecule has 0 saturated carbocycles. The summed E-state index contributed by atoms with van der Waals surface area (Å²) in [6, 6.07) is 2.01. The standard InChI is InChI=1S/C15H24N2OS2/c1-4-7-15(8-5-2,13(16)19)14(18)17-11(3)12-6-9-20-10-12/h6,9-11H,4-5,7-8H2,1-3H3,(H2,16,19)(H,17,18). The van der Waals surface area contributed by atoms with E-state index in [4.69, 9.17) is 18.0 Å². The third-order valence-corrected chi connectivity index (χ3v) is 4.74. The molecule has 5 heteroatoms. The van der Waals surface area contributed by atoms with Gasteiger partial charge in [0.2, 0.25) is 5.91 Å². The second-order valence-corrected chi connectivity index (χ2v) is 6.42. The zero-order chi connectivity index (χ0) is 15.2. The first-order valence-electron chi connectivity index (χ1n) is 7.11. The molecule has 1 aromatic rings. The van der Waals surface area contributed by atoms with Crippen LogP contribution >= 0.6 is 23.6 Å². The highest BCUT2D eigenvalue weighted by Gasteiger charge is 2.40. The van der Waals surface area contributed by atoms with E-state index in [1.807, 2.05) is 23.8 Å². The average molecular weight is 313 g/mol. The van der Waals surface area contributed by atoms with Gasteiger partial charge in [0.05, 0.1) is 16.4 Å². The Bertz CT molecular complexity index is 437. The van der Waals surface area contributed by atoms with Gasteiger partial charge in [-0.3, -0.25) is 4.79 Å². The van der Waals surface area contributed by atoms with Crippen molar-refractivity contribution >= 4 is 34.5 Å². The largest absolute Gasteiger partial charge is 0.392 e. The van der Waals surface area contributed by atoms with Gasteiger partial charge >= 0.3 is 0 Å². The van der Waals surface area contributed by atoms with Gasteiger partial charge in [0.15, 0.2) is 0 Å². The molecular weight excluding hydrogens is 288 g/mol. The van der Waals surface area contributed by atoms with Crippen LogP contribution in [-0.2, 0) is 4.79 Å². The Morgan fingerprint density at radius 1 is 1.45 bits per heavy atom. The van der Waals surface area contributed by atoms with E-state index >= 15 is 0 Å². The van der Waals surface area contributed by atoms with E-state index in [1.165, 1.54) is 0 Å². The lowest BCUT2D eigenvalue weighted by molar-refractivity contribution is -0.128. The minimum absolute atomic E-state index is 0.0174. The number of hydrogen-bond donors (Lipinski definition) is 2. The Morgan fingerprint density at radius 3 is 2.45 bits per heavy atom. The molecule has 1 unspecified atom stereocenters. The van der Waals surface area contributed by atoms with Gasteiger partial charge in [-0.1, -0.05) is 38.9 Å². The van der Waals surface area contributed by atoms with Crippen molar-refractivity contribution in [3.63, 3.8) is 0 Å². The van der Waals surface area contributed by atoms with Crippen molar-refractivity contribution in [2.24, 2.45) is 11.1 Å². The predicted molar refractivity (Wildman–Crippen MR) is 89.9 cm³/mol. The summed E-state index contributed by atoms with van der Waals surface area (Å²) in [6.07, 6.45) is 3.19. The Labute approximate surface area is 130 Å². The molecule has 0 aliphatic heterocycles. The number of hydrogen-bond acceptors (Lipinski definition) is 3. The normalized spacial score (nSPS) is 12.9. The number of thiophene rings is 1. The number of nitrogens with one attached hydrogen (secondary N) is 1. The van der Waals surface area contributed by atoms with Crippen LogP contribution in [-0.4, -0.2) is 10.9 Å². The van der Waals surface area contributed by atoms with Crippen LogP contribution in [0.15, 0.2) is 16.8 Å². The summed E-state index contributed by atoms with van der Waals surface area (Å²) >= 11 is 6.84. The van der Waals surface area contributed by atoms with Crippen LogP contribution in [0.1, 0.15) is 58.1 Å². The molecule has 0 aliphatic carbocycles. The van der Waals surface area contributed by atoms with E-state index < -0.39 is 5.41 Å². The highest BCUT2D eigenvalue weighted by atomic mass is 32.1. The highest BCUT2D eigenvalue weighted by molar-refractivity contribution is 7.80. The second-order valence-electron chi connectivity index (χ2n) is 5.20. The second kappa shape index (κ2) is 7.74. The van der Waals surface area contributed by atoms with Crippen LogP contribution in [0.5, 0.6) is 0 Å². The number of amides is 1. The number of rotatable bonds is 8. The van der Waals surface area contributed by atoms with Gasteiger partial charge < -0.3 is 11.1 Å². The Hall–Kier alpha value is -0.940. The number of carbonyl (C=O) groups is 1. The van der Waals surface area contributed by atoms with Crippen LogP contribution in [0.4, 0.5) is 0 Å². The third kappa shape index (κ3) is 3.79. The third-order valence-electron chi connectivity index (χ3n) is 3.65. The summed E-state index contributed by atoms with van der Waals surface area (Å²) < 4.78 is 0. The molecule has 0 bridgehead atoms. The molecule has 0 spiro atoms. The van der Waals surface area contributed by atoms with Gasteiger partial charge in [0, 0.05) is 0 Å². The molecule has 0 aliphatic rings. The Morgan fingerprint density at radius 2 is 2.05 bits per heavy atom. The zero-order valence-electron chi connectivity index (χ0n) is 12.4. The number of thiocarbonyl (C=S) groups is 1. The fourth-order valence-corrected chi connectivity index (χ4v) is 3.55. The van der Waals surface area contributed by atoms with Crippen molar-refractivity contribution in [2.45, 2.75) is 52.5 Å². The van der Waals surface area contributed by atoms with Gasteiger partial charge in [-0.2, -0.15) is 11.3 Å². The van der Waals surface area contributed by atoms with E-state index in [2.05, 4.69) is 19.2 Å². The van der Waals surface area contributed by atoms with Gasteiger partial charge in [0.1, 0.15) is 0 Å². The smallest absolute Gasteiger partial charge is 0.233 e. The molecule has 1 aromatic heterocycles. The predicted octanol–water partition coefficient (Wildman–Crippen LogP) is 3.80. The van der Waals surface area contributed by atoms with E-state index in [-0.39, 0.29) is 11.9 Å². The highest BCUT2D eigenvalue weighted by Crippen LogP contribution is 2.32. The first-order chi connectivity index (χ1) is 9.47. The van der Waals surface area contributed by atoms with Crippen molar-refractivity contribution in [1.82, 2.24) is 5.32 Å². The monoisotopic (exact) mass is 312 g/mol. The van der Waals surface area contributed by atoms with Crippen LogP contribution in [0.2, 0.25) is 0 Å². The van der Waals surface area contributed by atoms with Crippen molar-refractivity contribution in [1.29, 1.82) is 0 Å². The lowest BCUT2D eigenvalue weighted by atomic mass is 9.78. The summed E-state index contributed by atoms with van der Waals surface area (Å²) in [5, 5.41) is 7.13. The topological polar surface area (TPSA) is 55.1 Å². The summed E-state index contributed by atoms with van der Waals surface area (Å²) in [5.74, 6) is -0.0348. The molecule has 1 rings (SSSR count). The first kappa shape index (κ1) is 17.1. The van der Waals surface area contributed by atoms with Crippen LogP contribution in [0, 0.1) is 5.41 Å². The number of carbonyl (C=O) groups excluding carboxylic acids is 1. The molecule has 112 valence electrons. The number of nitrogens with two attached hydrogens (primary N) is 1. The van der Waals surface area contributed by atoms with E-state index in [0.29, 0.717) is 17.8 Å². The summed E-state index contributed by atoms with van der Waals surface area (Å²) in [5.41, 5.74) is 6.33. The van der Waals surface area contributed by atoms with Crippen LogP contribution < -0.4 is 11.1 Å². The maximum atomic E-state index is 12.7. The summed E-state index contributed by atoms with van der Waals surface area (Å²) in [6.45, 7) is 6.10. The molecule has 1 heterocycles. The lowest BCUT2D eigenvalue weighted by Gasteiger charge is -2.32. The van der Waals surface area contributed by atoms with Crippen LogP contribution in [0.3, 0.4) is 0 Å². The van der Waals surface area contributed by atoms with Crippen molar-refractivity contribution in [2.75, 3.05) is 0 Å². The first-order valence-corrected chi connectivity index (χ1v) is 8.46. The van der Waals surface area contributed by atoms with Gasteiger partial charge in [-0.05, 0) is 42.2 Å². The van der Waals surface area contributed by atoms with Crippen molar-refractivity contribution in [3.8, 4) is 0 Å². The van der Waals surface area contributed by atoms with E-state index in [9.17, 15) is 4.79 Å². The molecule has 0 radical (unpaired) electrons. The molecule has 0 fully saturated rings. The van der Waals surface area contributed by atoms with Gasteiger partial charge in [-0.25, -0.2) is 0 Å². The van der Waals surface area contributed by atoms with E-state index in [1.54, 1.807) is 11.3 Å². The Balaban J connectivity index is 2.90. The molecule has 1 atom stereocenters. The zero-order valence-corrected chi connectivity index (χ0v) is 14.1. The Kier molecular flexibility index (Phi) is 6.62. The van der Waals surface area contributed by atoms with Crippen molar-refractivity contribution < 1.29 is 4.79 Å². The van der Waals surface area contributed by atoms with Crippen LogP contribution in [0.25, 0.3) is 0 Å². The molecule has 0 saturated heterocycles. The molecule has 3 N–H and O–H groups in total. The molecule has 0 aromatic carbocycles. The average Bonchev–Trinajstić information content (AvgIpc) is 2.91. The SMILES string of the molecule is CCCC(CCC)(C(=O)NC(C)c1ccsc1)C(N)=S. The van der Waals surface area contributed by atoms with E-state index in [0.717, 1.165) is 18.4 Å². The lowest BCUT2D eigenvalue weighted by Crippen LogP contribution is -2.49. The molecule has 20 heavy (non-hydrogen) atoms. The quantitative estimate of drug-likeness (QED) is 0.718.